The number of nitrogens with two attached hydrogens (primary N) is 1. The Morgan fingerprint density at radius 1 is 1.47 bits per heavy atom. The van der Waals surface area contributed by atoms with Crippen LogP contribution < -0.4 is 10.5 Å². The molecule has 0 radical (unpaired) electrons. The van der Waals surface area contributed by atoms with Crippen LogP contribution in [0.25, 0.3) is 0 Å². The standard InChI is InChI=1S/C14H17N3O2/c1-18-11-4-2-3-10(7-11)8-17-6-5-13-12(9-17)16-14(15)19-13/h2-4,7H,5-6,8-9H2,1H3,(H2,15,16). The highest BCUT2D eigenvalue weighted by Gasteiger charge is 2.21. The highest BCUT2D eigenvalue weighted by atomic mass is 16.5. The fraction of sp³-hybridized carbons (Fsp3) is 0.357. The van der Waals surface area contributed by atoms with Crippen LogP contribution in [0.5, 0.6) is 5.75 Å². The lowest BCUT2D eigenvalue weighted by Crippen LogP contribution is -2.29. The molecule has 100 valence electrons. The minimum atomic E-state index is 0.272. The van der Waals surface area contributed by atoms with Crippen LogP contribution in [0.3, 0.4) is 0 Å². The maximum absolute atomic E-state index is 5.58. The summed E-state index contributed by atoms with van der Waals surface area (Å²) in [5, 5.41) is 0. The van der Waals surface area contributed by atoms with Crippen molar-refractivity contribution >= 4 is 6.01 Å². The van der Waals surface area contributed by atoms with Gasteiger partial charge in [0.05, 0.1) is 12.8 Å². The van der Waals surface area contributed by atoms with Gasteiger partial charge in [-0.15, -0.1) is 0 Å². The lowest BCUT2D eigenvalue weighted by atomic mass is 10.1. The third-order valence-corrected chi connectivity index (χ3v) is 3.36. The summed E-state index contributed by atoms with van der Waals surface area (Å²) in [6, 6.07) is 8.41. The van der Waals surface area contributed by atoms with Gasteiger partial charge in [-0.3, -0.25) is 4.90 Å². The van der Waals surface area contributed by atoms with E-state index in [4.69, 9.17) is 14.9 Å². The number of benzene rings is 1. The number of nitrogens with zero attached hydrogens (tertiary/aromatic N) is 2. The molecule has 0 fully saturated rings. The zero-order valence-electron chi connectivity index (χ0n) is 10.9. The van der Waals surface area contributed by atoms with Gasteiger partial charge in [0.1, 0.15) is 11.5 Å². The van der Waals surface area contributed by atoms with Crippen LogP contribution >= 0.6 is 0 Å². The Kier molecular flexibility index (Phi) is 3.13. The third-order valence-electron chi connectivity index (χ3n) is 3.36. The molecule has 0 spiro atoms. The zero-order valence-corrected chi connectivity index (χ0v) is 10.9. The molecule has 0 amide bonds. The fourth-order valence-corrected chi connectivity index (χ4v) is 2.44. The maximum Gasteiger partial charge on any atom is 0.292 e. The topological polar surface area (TPSA) is 64.5 Å². The summed E-state index contributed by atoms with van der Waals surface area (Å²) >= 11 is 0. The Hall–Kier alpha value is -2.01. The first-order valence-corrected chi connectivity index (χ1v) is 6.34. The van der Waals surface area contributed by atoms with Crippen LogP contribution in [0, 0.1) is 0 Å². The van der Waals surface area contributed by atoms with Gasteiger partial charge in [-0.05, 0) is 17.7 Å². The molecule has 19 heavy (non-hydrogen) atoms. The average molecular weight is 259 g/mol. The summed E-state index contributed by atoms with van der Waals surface area (Å²) in [5.74, 6) is 1.82. The molecule has 1 aromatic heterocycles. The van der Waals surface area contributed by atoms with Crippen LogP contribution in [-0.4, -0.2) is 23.5 Å². The van der Waals surface area contributed by atoms with E-state index < -0.39 is 0 Å². The molecule has 0 atom stereocenters. The van der Waals surface area contributed by atoms with Gasteiger partial charge in [0.2, 0.25) is 0 Å². The number of aromatic nitrogens is 1. The summed E-state index contributed by atoms with van der Waals surface area (Å²) in [7, 11) is 1.68. The average Bonchev–Trinajstić information content (AvgIpc) is 2.78. The number of ether oxygens (including phenoxy) is 1. The number of rotatable bonds is 3. The minimum Gasteiger partial charge on any atom is -0.497 e. The second kappa shape index (κ2) is 4.93. The Morgan fingerprint density at radius 3 is 3.21 bits per heavy atom. The van der Waals surface area contributed by atoms with E-state index in [1.54, 1.807) is 7.11 Å². The largest absolute Gasteiger partial charge is 0.497 e. The first kappa shape index (κ1) is 12.0. The molecule has 0 saturated carbocycles. The van der Waals surface area contributed by atoms with Crippen molar-refractivity contribution in [3.8, 4) is 5.75 Å². The van der Waals surface area contributed by atoms with Gasteiger partial charge in [0, 0.05) is 26.1 Å². The van der Waals surface area contributed by atoms with Gasteiger partial charge < -0.3 is 14.9 Å². The van der Waals surface area contributed by atoms with Gasteiger partial charge in [-0.2, -0.15) is 4.98 Å². The van der Waals surface area contributed by atoms with Gasteiger partial charge in [0.15, 0.2) is 0 Å². The molecular formula is C14H17N3O2. The number of oxazole rings is 1. The van der Waals surface area contributed by atoms with Crippen molar-refractivity contribution in [3.63, 3.8) is 0 Å². The second-order valence-electron chi connectivity index (χ2n) is 4.73. The van der Waals surface area contributed by atoms with Crippen molar-refractivity contribution in [2.45, 2.75) is 19.5 Å². The predicted molar refractivity (Wildman–Crippen MR) is 71.7 cm³/mol. The smallest absolute Gasteiger partial charge is 0.292 e. The molecule has 2 heterocycles. The van der Waals surface area contributed by atoms with Crippen LogP contribution in [0.15, 0.2) is 28.7 Å². The fourth-order valence-electron chi connectivity index (χ4n) is 2.44. The number of hydrogen-bond acceptors (Lipinski definition) is 5. The molecule has 1 aromatic carbocycles. The lowest BCUT2D eigenvalue weighted by Gasteiger charge is -2.25. The molecule has 3 rings (SSSR count). The Morgan fingerprint density at radius 2 is 2.37 bits per heavy atom. The van der Waals surface area contributed by atoms with E-state index in [1.165, 1.54) is 5.56 Å². The first-order chi connectivity index (χ1) is 9.24. The molecule has 5 heteroatoms. The normalized spacial score (nSPS) is 15.2. The number of hydrogen-bond donors (Lipinski definition) is 1. The summed E-state index contributed by atoms with van der Waals surface area (Å²) in [6.07, 6.45) is 0.865. The Bertz CT molecular complexity index is 580. The van der Waals surface area contributed by atoms with Crippen molar-refractivity contribution in [1.29, 1.82) is 0 Å². The number of methoxy groups -OCH3 is 1. The van der Waals surface area contributed by atoms with E-state index in [1.807, 2.05) is 12.1 Å². The maximum atomic E-state index is 5.58. The van der Waals surface area contributed by atoms with Crippen LogP contribution in [0.4, 0.5) is 6.01 Å². The van der Waals surface area contributed by atoms with Crippen molar-refractivity contribution in [2.24, 2.45) is 0 Å². The SMILES string of the molecule is COc1cccc(CN2CCc3oc(N)nc3C2)c1. The van der Waals surface area contributed by atoms with Gasteiger partial charge in [0.25, 0.3) is 6.01 Å². The van der Waals surface area contributed by atoms with Crippen molar-refractivity contribution in [1.82, 2.24) is 9.88 Å². The summed E-state index contributed by atoms with van der Waals surface area (Å²) < 4.78 is 10.6. The summed E-state index contributed by atoms with van der Waals surface area (Å²) in [5.41, 5.74) is 7.78. The van der Waals surface area contributed by atoms with E-state index in [9.17, 15) is 0 Å². The molecule has 0 unspecified atom stereocenters. The van der Waals surface area contributed by atoms with Crippen molar-refractivity contribution in [3.05, 3.63) is 41.3 Å². The lowest BCUT2D eigenvalue weighted by molar-refractivity contribution is 0.232. The minimum absolute atomic E-state index is 0.272. The van der Waals surface area contributed by atoms with E-state index in [0.29, 0.717) is 0 Å². The van der Waals surface area contributed by atoms with E-state index >= 15 is 0 Å². The van der Waals surface area contributed by atoms with Gasteiger partial charge in [-0.1, -0.05) is 12.1 Å². The van der Waals surface area contributed by atoms with Crippen LogP contribution in [-0.2, 0) is 19.5 Å². The first-order valence-electron chi connectivity index (χ1n) is 6.34. The quantitative estimate of drug-likeness (QED) is 0.911. The van der Waals surface area contributed by atoms with Crippen LogP contribution in [0.1, 0.15) is 17.0 Å². The zero-order chi connectivity index (χ0) is 13.2. The highest BCUT2D eigenvalue weighted by molar-refractivity contribution is 5.29. The monoisotopic (exact) mass is 259 g/mol. The second-order valence-corrected chi connectivity index (χ2v) is 4.73. The van der Waals surface area contributed by atoms with Crippen LogP contribution in [0.2, 0.25) is 0 Å². The highest BCUT2D eigenvalue weighted by Crippen LogP contribution is 2.22. The molecule has 1 aliphatic rings. The number of nitrogen functional groups attached to an aromatic ring is 1. The molecule has 0 saturated heterocycles. The Balaban J connectivity index is 1.71. The molecule has 1 aliphatic heterocycles. The Labute approximate surface area is 112 Å². The molecule has 2 aromatic rings. The third kappa shape index (κ3) is 2.56. The van der Waals surface area contributed by atoms with Crippen molar-refractivity contribution in [2.75, 3.05) is 19.4 Å². The molecule has 2 N–H and O–H groups in total. The number of fused-ring (bicyclic) bond motifs is 1. The van der Waals surface area contributed by atoms with E-state index in [0.717, 1.165) is 43.3 Å². The summed E-state index contributed by atoms with van der Waals surface area (Å²) in [6.45, 7) is 2.62. The molecule has 0 bridgehead atoms. The molecule has 5 nitrogen and oxygen atoms in total. The van der Waals surface area contributed by atoms with E-state index in [-0.39, 0.29) is 6.01 Å². The van der Waals surface area contributed by atoms with E-state index in [2.05, 4.69) is 22.0 Å². The predicted octanol–water partition coefficient (Wildman–Crippen LogP) is 1.82. The number of anilines is 1. The van der Waals surface area contributed by atoms with Gasteiger partial charge >= 0.3 is 0 Å². The summed E-state index contributed by atoms with van der Waals surface area (Å²) in [4.78, 5) is 6.55. The van der Waals surface area contributed by atoms with Crippen molar-refractivity contribution < 1.29 is 9.15 Å². The molecule has 0 aliphatic carbocycles. The van der Waals surface area contributed by atoms with Gasteiger partial charge in [-0.25, -0.2) is 0 Å². The molecular weight excluding hydrogens is 242 g/mol.